The maximum atomic E-state index is 11.8. The van der Waals surface area contributed by atoms with Crippen LogP contribution in [-0.4, -0.2) is 92.4 Å². The van der Waals surface area contributed by atoms with Gasteiger partial charge in [0, 0.05) is 46.3 Å². The highest BCUT2D eigenvalue weighted by atomic mass is 16.6. The van der Waals surface area contributed by atoms with Gasteiger partial charge in [0.2, 0.25) is 12.3 Å². The van der Waals surface area contributed by atoms with E-state index in [-0.39, 0.29) is 12.3 Å². The lowest BCUT2D eigenvalue weighted by Gasteiger charge is -2.31. The SMILES string of the molecule is CNNC(=O)C/C(CCCNC(=O)OC(C)(C)C)=N/OCCN1CCN(C=O)CC1. The number of ether oxygens (including phenoxy) is 1. The first-order valence-corrected chi connectivity index (χ1v) is 10.3. The van der Waals surface area contributed by atoms with E-state index in [0.29, 0.717) is 51.3 Å². The molecular weight excluding hydrogens is 392 g/mol. The molecule has 30 heavy (non-hydrogen) atoms. The second-order valence-corrected chi connectivity index (χ2v) is 7.98. The van der Waals surface area contributed by atoms with Crippen molar-refractivity contribution >= 4 is 24.1 Å². The number of hydrogen-bond donors (Lipinski definition) is 3. The van der Waals surface area contributed by atoms with E-state index >= 15 is 0 Å². The van der Waals surface area contributed by atoms with Gasteiger partial charge in [0.1, 0.15) is 12.2 Å². The number of alkyl carbamates (subject to hydrolysis) is 1. The lowest BCUT2D eigenvalue weighted by atomic mass is 10.1. The number of carbonyl (C=O) groups excluding carboxylic acids is 3. The zero-order valence-electron chi connectivity index (χ0n) is 18.5. The van der Waals surface area contributed by atoms with Gasteiger partial charge in [-0.05, 0) is 33.6 Å². The predicted molar refractivity (Wildman–Crippen MR) is 113 cm³/mol. The normalized spacial score (nSPS) is 15.5. The molecule has 1 saturated heterocycles. The predicted octanol–water partition coefficient (Wildman–Crippen LogP) is 0.0786. The van der Waals surface area contributed by atoms with E-state index in [9.17, 15) is 14.4 Å². The summed E-state index contributed by atoms with van der Waals surface area (Å²) in [6.07, 6.45) is 1.61. The minimum atomic E-state index is -0.546. The topological polar surface area (TPSA) is 125 Å². The van der Waals surface area contributed by atoms with Crippen molar-refractivity contribution in [1.29, 1.82) is 0 Å². The van der Waals surface area contributed by atoms with Crippen LogP contribution in [0.1, 0.15) is 40.0 Å². The van der Waals surface area contributed by atoms with Crippen LogP contribution in [0, 0.1) is 0 Å². The van der Waals surface area contributed by atoms with Gasteiger partial charge in [-0.2, -0.15) is 0 Å². The van der Waals surface area contributed by atoms with E-state index in [1.54, 1.807) is 32.7 Å². The number of hydrazine groups is 1. The quantitative estimate of drug-likeness (QED) is 0.174. The molecule has 0 unspecified atom stereocenters. The molecule has 3 amide bonds. The molecule has 0 spiro atoms. The number of piperazine rings is 1. The third kappa shape index (κ3) is 12.2. The third-order valence-electron chi connectivity index (χ3n) is 4.19. The van der Waals surface area contributed by atoms with Crippen molar-refractivity contribution in [1.82, 2.24) is 26.0 Å². The fourth-order valence-electron chi connectivity index (χ4n) is 2.73. The van der Waals surface area contributed by atoms with Crippen LogP contribution in [0.25, 0.3) is 0 Å². The average molecular weight is 429 g/mol. The molecule has 0 radical (unpaired) electrons. The van der Waals surface area contributed by atoms with Crippen LogP contribution in [0.2, 0.25) is 0 Å². The molecule has 1 aliphatic rings. The van der Waals surface area contributed by atoms with Crippen molar-refractivity contribution in [3.8, 4) is 0 Å². The molecule has 0 bridgehead atoms. The highest BCUT2D eigenvalue weighted by molar-refractivity contribution is 6.00. The van der Waals surface area contributed by atoms with Gasteiger partial charge < -0.3 is 19.8 Å². The summed E-state index contributed by atoms with van der Waals surface area (Å²) < 4.78 is 5.19. The van der Waals surface area contributed by atoms with Gasteiger partial charge in [-0.15, -0.1) is 0 Å². The second-order valence-electron chi connectivity index (χ2n) is 7.98. The number of oxime groups is 1. The Morgan fingerprint density at radius 2 is 1.87 bits per heavy atom. The first-order valence-electron chi connectivity index (χ1n) is 10.3. The van der Waals surface area contributed by atoms with Gasteiger partial charge in [-0.25, -0.2) is 10.2 Å². The van der Waals surface area contributed by atoms with Crippen LogP contribution in [0.15, 0.2) is 5.16 Å². The Bertz CT molecular complexity index is 570. The first-order chi connectivity index (χ1) is 14.2. The lowest BCUT2D eigenvalue weighted by Crippen LogP contribution is -2.46. The van der Waals surface area contributed by atoms with Gasteiger partial charge in [-0.3, -0.25) is 19.9 Å². The van der Waals surface area contributed by atoms with Crippen LogP contribution in [0.3, 0.4) is 0 Å². The van der Waals surface area contributed by atoms with Gasteiger partial charge in [0.05, 0.1) is 12.1 Å². The Morgan fingerprint density at radius 1 is 1.17 bits per heavy atom. The Balaban J connectivity index is 2.38. The summed E-state index contributed by atoms with van der Waals surface area (Å²) in [5.74, 6) is -0.218. The van der Waals surface area contributed by atoms with Crippen LogP contribution >= 0.6 is 0 Å². The molecule has 1 aliphatic heterocycles. The van der Waals surface area contributed by atoms with Gasteiger partial charge in [0.25, 0.3) is 0 Å². The monoisotopic (exact) mass is 428 g/mol. The standard InChI is InChI=1S/C19H36N6O5/c1-19(2,3)30-18(28)21-7-5-6-16(14-17(27)22-20-4)23-29-13-12-24-8-10-25(15-26)11-9-24/h15,20H,5-14H2,1-4H3,(H,21,28)(H,22,27)/b23-16+. The minimum Gasteiger partial charge on any atom is -0.444 e. The van der Waals surface area contributed by atoms with Crippen molar-refractivity contribution in [2.45, 2.75) is 45.6 Å². The second kappa shape index (κ2) is 13.8. The van der Waals surface area contributed by atoms with E-state index in [1.165, 1.54) is 0 Å². The Kier molecular flexibility index (Phi) is 11.8. The molecule has 11 heteroatoms. The molecule has 0 aromatic heterocycles. The van der Waals surface area contributed by atoms with Crippen LogP contribution in [0.4, 0.5) is 4.79 Å². The van der Waals surface area contributed by atoms with Crippen molar-refractivity contribution in [2.75, 3.05) is 52.9 Å². The summed E-state index contributed by atoms with van der Waals surface area (Å²) >= 11 is 0. The average Bonchev–Trinajstić information content (AvgIpc) is 2.67. The van der Waals surface area contributed by atoms with Gasteiger partial charge in [-0.1, -0.05) is 5.16 Å². The molecule has 3 N–H and O–H groups in total. The Hall–Kier alpha value is -2.40. The van der Waals surface area contributed by atoms with Crippen molar-refractivity contribution < 1.29 is 24.0 Å². The minimum absolute atomic E-state index is 0.102. The van der Waals surface area contributed by atoms with Crippen molar-refractivity contribution in [3.63, 3.8) is 0 Å². The van der Waals surface area contributed by atoms with E-state index in [4.69, 9.17) is 9.57 Å². The maximum absolute atomic E-state index is 11.8. The van der Waals surface area contributed by atoms with Gasteiger partial charge in [0.15, 0.2) is 0 Å². The summed E-state index contributed by atoms with van der Waals surface area (Å²) in [4.78, 5) is 43.6. The largest absolute Gasteiger partial charge is 0.444 e. The van der Waals surface area contributed by atoms with Crippen molar-refractivity contribution in [3.05, 3.63) is 0 Å². The van der Waals surface area contributed by atoms with Crippen molar-refractivity contribution in [2.24, 2.45) is 5.16 Å². The molecule has 1 heterocycles. The molecule has 1 fully saturated rings. The molecule has 0 aromatic carbocycles. The zero-order valence-corrected chi connectivity index (χ0v) is 18.5. The highest BCUT2D eigenvalue weighted by Gasteiger charge is 2.16. The van der Waals surface area contributed by atoms with E-state index < -0.39 is 11.7 Å². The van der Waals surface area contributed by atoms with Crippen LogP contribution < -0.4 is 16.2 Å². The molecule has 0 saturated carbocycles. The molecule has 1 rings (SSSR count). The summed E-state index contributed by atoms with van der Waals surface area (Å²) in [6.45, 7) is 9.95. The number of carbonyl (C=O) groups is 3. The fourth-order valence-corrected chi connectivity index (χ4v) is 2.73. The summed E-state index contributed by atoms with van der Waals surface area (Å²) in [7, 11) is 1.61. The van der Waals surface area contributed by atoms with E-state index in [0.717, 1.165) is 19.5 Å². The number of nitrogens with zero attached hydrogens (tertiary/aromatic N) is 3. The molecule has 0 aliphatic carbocycles. The third-order valence-corrected chi connectivity index (χ3v) is 4.19. The number of rotatable bonds is 12. The Labute approximate surface area is 178 Å². The van der Waals surface area contributed by atoms with Gasteiger partial charge >= 0.3 is 6.09 Å². The lowest BCUT2D eigenvalue weighted by molar-refractivity contribution is -0.121. The smallest absolute Gasteiger partial charge is 0.407 e. The molecule has 0 aromatic rings. The number of hydrogen-bond acceptors (Lipinski definition) is 8. The van der Waals surface area contributed by atoms with E-state index in [2.05, 4.69) is 26.2 Å². The van der Waals surface area contributed by atoms with Crippen LogP contribution in [0.5, 0.6) is 0 Å². The fraction of sp³-hybridized carbons (Fsp3) is 0.789. The summed E-state index contributed by atoms with van der Waals surface area (Å²) in [6, 6.07) is 0. The Morgan fingerprint density at radius 3 is 2.47 bits per heavy atom. The summed E-state index contributed by atoms with van der Waals surface area (Å²) in [5.41, 5.74) is 5.15. The highest BCUT2D eigenvalue weighted by Crippen LogP contribution is 2.06. The van der Waals surface area contributed by atoms with E-state index in [1.807, 2.05) is 0 Å². The zero-order chi connectivity index (χ0) is 22.4. The number of nitrogens with one attached hydrogen (secondary N) is 3. The molecule has 0 atom stereocenters. The molecular formula is C19H36N6O5. The molecule has 11 nitrogen and oxygen atoms in total. The van der Waals surface area contributed by atoms with Crippen LogP contribution in [-0.2, 0) is 19.2 Å². The summed E-state index contributed by atoms with van der Waals surface area (Å²) in [5, 5.41) is 6.81. The maximum Gasteiger partial charge on any atom is 0.407 e. The molecule has 172 valence electrons. The first kappa shape index (κ1) is 25.6. The number of amides is 3.